The second-order valence-corrected chi connectivity index (χ2v) is 5.04. The molecule has 0 bridgehead atoms. The van der Waals surface area contributed by atoms with Crippen LogP contribution >= 0.6 is 11.3 Å². The van der Waals surface area contributed by atoms with Gasteiger partial charge in [-0.3, -0.25) is 0 Å². The average Bonchev–Trinajstić information content (AvgIpc) is 2.85. The maximum absolute atomic E-state index is 12.4. The van der Waals surface area contributed by atoms with Crippen molar-refractivity contribution in [3.63, 3.8) is 0 Å². The van der Waals surface area contributed by atoms with Gasteiger partial charge in [0.1, 0.15) is 5.01 Å². The molecule has 8 heteroatoms. The van der Waals surface area contributed by atoms with Gasteiger partial charge in [0.05, 0.1) is 6.54 Å². The van der Waals surface area contributed by atoms with Crippen LogP contribution in [0.1, 0.15) is 37.4 Å². The van der Waals surface area contributed by atoms with Crippen LogP contribution in [-0.2, 0) is 12.7 Å². The Bertz CT molecular complexity index is 429. The zero-order valence-electron chi connectivity index (χ0n) is 11.5. The number of unbranched alkanes of at least 4 members (excludes halogenated alkanes) is 1. The van der Waals surface area contributed by atoms with E-state index in [4.69, 9.17) is 0 Å². The number of thiazole rings is 1. The third kappa shape index (κ3) is 5.77. The Labute approximate surface area is 120 Å². The van der Waals surface area contributed by atoms with E-state index in [9.17, 15) is 13.2 Å². The second kappa shape index (κ2) is 8.08. The monoisotopic (exact) mass is 308 g/mol. The Morgan fingerprint density at radius 1 is 1.35 bits per heavy atom. The van der Waals surface area contributed by atoms with Gasteiger partial charge >= 0.3 is 6.18 Å². The van der Waals surface area contributed by atoms with E-state index in [1.165, 1.54) is 0 Å². The summed E-state index contributed by atoms with van der Waals surface area (Å²) in [5.41, 5.74) is -0.850. The standard InChI is InChI=1S/C12H19F3N4S/c1-3-5-6-17-11(16-4-2)18-7-10-19-9(8-20-10)12(13,14)15/h8H,3-7H2,1-2H3,(H2,16,17,18). The van der Waals surface area contributed by atoms with E-state index in [0.29, 0.717) is 17.5 Å². The van der Waals surface area contributed by atoms with Crippen LogP contribution in [0.2, 0.25) is 0 Å². The normalized spacial score (nSPS) is 12.6. The molecule has 0 spiro atoms. The summed E-state index contributed by atoms with van der Waals surface area (Å²) in [5, 5.41) is 7.53. The number of aromatic nitrogens is 1. The molecule has 0 unspecified atom stereocenters. The fourth-order valence-electron chi connectivity index (χ4n) is 1.39. The summed E-state index contributed by atoms with van der Waals surface area (Å²) in [6.45, 7) is 5.64. The van der Waals surface area contributed by atoms with E-state index in [1.807, 2.05) is 6.92 Å². The molecular formula is C12H19F3N4S. The Morgan fingerprint density at radius 2 is 2.10 bits per heavy atom. The van der Waals surface area contributed by atoms with Gasteiger partial charge in [-0.2, -0.15) is 13.2 Å². The highest BCUT2D eigenvalue weighted by Crippen LogP contribution is 2.30. The minimum Gasteiger partial charge on any atom is -0.357 e. The lowest BCUT2D eigenvalue weighted by atomic mass is 10.3. The van der Waals surface area contributed by atoms with Crippen LogP contribution in [0.3, 0.4) is 0 Å². The van der Waals surface area contributed by atoms with Crippen molar-refractivity contribution in [3.8, 4) is 0 Å². The fourth-order valence-corrected chi connectivity index (χ4v) is 2.11. The van der Waals surface area contributed by atoms with Crippen LogP contribution < -0.4 is 10.6 Å². The lowest BCUT2D eigenvalue weighted by Crippen LogP contribution is -2.37. The Balaban J connectivity index is 2.59. The summed E-state index contributed by atoms with van der Waals surface area (Å²) in [4.78, 5) is 7.77. The van der Waals surface area contributed by atoms with Crippen LogP contribution in [0.5, 0.6) is 0 Å². The largest absolute Gasteiger partial charge is 0.434 e. The van der Waals surface area contributed by atoms with Gasteiger partial charge in [-0.1, -0.05) is 13.3 Å². The highest BCUT2D eigenvalue weighted by Gasteiger charge is 2.33. The van der Waals surface area contributed by atoms with Crippen molar-refractivity contribution >= 4 is 17.3 Å². The smallest absolute Gasteiger partial charge is 0.357 e. The third-order valence-electron chi connectivity index (χ3n) is 2.38. The molecule has 1 aromatic rings. The van der Waals surface area contributed by atoms with Crippen molar-refractivity contribution < 1.29 is 13.2 Å². The number of guanidine groups is 1. The lowest BCUT2D eigenvalue weighted by molar-refractivity contribution is -0.140. The van der Waals surface area contributed by atoms with E-state index in [0.717, 1.165) is 36.1 Å². The summed E-state index contributed by atoms with van der Waals surface area (Å²) in [5.74, 6) is 0.602. The van der Waals surface area contributed by atoms with Gasteiger partial charge in [-0.05, 0) is 13.3 Å². The molecular weight excluding hydrogens is 289 g/mol. The highest BCUT2D eigenvalue weighted by atomic mass is 32.1. The number of alkyl halides is 3. The first-order valence-corrected chi connectivity index (χ1v) is 7.39. The van der Waals surface area contributed by atoms with Gasteiger partial charge in [0, 0.05) is 18.5 Å². The quantitative estimate of drug-likeness (QED) is 0.482. The van der Waals surface area contributed by atoms with Crippen molar-refractivity contribution in [2.24, 2.45) is 4.99 Å². The minimum absolute atomic E-state index is 0.141. The number of rotatable bonds is 6. The molecule has 1 rings (SSSR count). The molecule has 0 aromatic carbocycles. The van der Waals surface area contributed by atoms with Gasteiger partial charge in [0.2, 0.25) is 0 Å². The second-order valence-electron chi connectivity index (χ2n) is 4.10. The molecule has 1 heterocycles. The van der Waals surface area contributed by atoms with Gasteiger partial charge < -0.3 is 10.6 Å². The first-order valence-electron chi connectivity index (χ1n) is 6.51. The molecule has 0 aliphatic rings. The Hall–Kier alpha value is -1.31. The van der Waals surface area contributed by atoms with Gasteiger partial charge in [-0.25, -0.2) is 9.98 Å². The third-order valence-corrected chi connectivity index (χ3v) is 3.22. The van der Waals surface area contributed by atoms with Gasteiger partial charge in [0.15, 0.2) is 11.7 Å². The zero-order valence-corrected chi connectivity index (χ0v) is 12.4. The average molecular weight is 308 g/mol. The number of halogens is 3. The SMILES string of the molecule is CCCCNC(=NCc1nc(C(F)(F)F)cs1)NCC. The van der Waals surface area contributed by atoms with E-state index in [1.54, 1.807) is 0 Å². The number of hydrogen-bond donors (Lipinski definition) is 2. The summed E-state index contributed by atoms with van der Waals surface area (Å²) >= 11 is 0.971. The van der Waals surface area contributed by atoms with E-state index < -0.39 is 11.9 Å². The van der Waals surface area contributed by atoms with Gasteiger partial charge in [0.25, 0.3) is 0 Å². The predicted octanol–water partition coefficient (Wildman–Crippen LogP) is 3.02. The highest BCUT2D eigenvalue weighted by molar-refractivity contribution is 7.09. The molecule has 0 atom stereocenters. The van der Waals surface area contributed by atoms with Crippen molar-refractivity contribution in [1.82, 2.24) is 15.6 Å². The maximum atomic E-state index is 12.4. The Morgan fingerprint density at radius 3 is 2.65 bits per heavy atom. The van der Waals surface area contributed by atoms with Crippen LogP contribution in [0.15, 0.2) is 10.4 Å². The molecule has 0 radical (unpaired) electrons. The first kappa shape index (κ1) is 16.7. The van der Waals surface area contributed by atoms with Crippen molar-refractivity contribution in [2.75, 3.05) is 13.1 Å². The summed E-state index contributed by atoms with van der Waals surface area (Å²) in [6.07, 6.45) is -2.31. The van der Waals surface area contributed by atoms with Crippen LogP contribution in [0.4, 0.5) is 13.2 Å². The number of aliphatic imine (C=N–C) groups is 1. The number of nitrogens with one attached hydrogen (secondary N) is 2. The van der Waals surface area contributed by atoms with Crippen molar-refractivity contribution in [1.29, 1.82) is 0 Å². The molecule has 0 aliphatic carbocycles. The molecule has 0 saturated carbocycles. The lowest BCUT2D eigenvalue weighted by Gasteiger charge is -2.10. The Kier molecular flexibility index (Phi) is 6.77. The maximum Gasteiger partial charge on any atom is 0.434 e. The molecule has 1 aromatic heterocycles. The molecule has 4 nitrogen and oxygen atoms in total. The molecule has 2 N–H and O–H groups in total. The molecule has 0 fully saturated rings. The predicted molar refractivity (Wildman–Crippen MR) is 74.8 cm³/mol. The minimum atomic E-state index is -4.39. The number of hydrogen-bond acceptors (Lipinski definition) is 3. The topological polar surface area (TPSA) is 49.3 Å². The van der Waals surface area contributed by atoms with Crippen LogP contribution in [0, 0.1) is 0 Å². The molecule has 0 saturated heterocycles. The fraction of sp³-hybridized carbons (Fsp3) is 0.667. The molecule has 0 aliphatic heterocycles. The molecule has 20 heavy (non-hydrogen) atoms. The summed E-state index contributed by atoms with van der Waals surface area (Å²) < 4.78 is 37.2. The number of nitrogens with zero attached hydrogens (tertiary/aromatic N) is 2. The van der Waals surface area contributed by atoms with Crippen molar-refractivity contribution in [2.45, 2.75) is 39.4 Å². The van der Waals surface area contributed by atoms with E-state index in [-0.39, 0.29) is 6.54 Å². The molecule has 0 amide bonds. The summed E-state index contributed by atoms with van der Waals surface area (Å²) in [6, 6.07) is 0. The zero-order chi connectivity index (χ0) is 15.0. The van der Waals surface area contributed by atoms with Gasteiger partial charge in [-0.15, -0.1) is 11.3 Å². The van der Waals surface area contributed by atoms with Crippen LogP contribution in [-0.4, -0.2) is 24.0 Å². The summed E-state index contributed by atoms with van der Waals surface area (Å²) in [7, 11) is 0. The molecule has 114 valence electrons. The van der Waals surface area contributed by atoms with Crippen molar-refractivity contribution in [3.05, 3.63) is 16.1 Å². The first-order chi connectivity index (χ1) is 9.47. The van der Waals surface area contributed by atoms with E-state index >= 15 is 0 Å². The van der Waals surface area contributed by atoms with E-state index in [2.05, 4.69) is 27.5 Å². The van der Waals surface area contributed by atoms with Crippen LogP contribution in [0.25, 0.3) is 0 Å².